The highest BCUT2D eigenvalue weighted by Crippen LogP contribution is 2.38. The summed E-state index contributed by atoms with van der Waals surface area (Å²) < 4.78 is 28.3. The van der Waals surface area contributed by atoms with E-state index in [2.05, 4.69) is 24.6 Å². The van der Waals surface area contributed by atoms with Crippen LogP contribution in [0.4, 0.5) is 5.00 Å². The highest BCUT2D eigenvalue weighted by molar-refractivity contribution is 7.80. The van der Waals surface area contributed by atoms with E-state index in [1.165, 1.54) is 18.4 Å². The fraction of sp³-hybridized carbons (Fsp3) is 0.538. The van der Waals surface area contributed by atoms with Gasteiger partial charge in [-0.2, -0.15) is 0 Å². The van der Waals surface area contributed by atoms with Gasteiger partial charge in [0.1, 0.15) is 5.00 Å². The molecule has 0 spiro atoms. The lowest BCUT2D eigenvalue weighted by Gasteiger charge is -2.39. The zero-order valence-corrected chi connectivity index (χ0v) is 22.5. The summed E-state index contributed by atoms with van der Waals surface area (Å²) >= 11 is -0.645. The first-order chi connectivity index (χ1) is 16.7. The minimum atomic E-state index is -2.15. The summed E-state index contributed by atoms with van der Waals surface area (Å²) in [4.78, 5) is 27.6. The van der Waals surface area contributed by atoms with Gasteiger partial charge in [-0.05, 0) is 48.3 Å². The predicted octanol–water partition coefficient (Wildman–Crippen LogP) is 5.63. The molecule has 1 amide bonds. The van der Waals surface area contributed by atoms with Gasteiger partial charge in [-0.25, -0.2) is 4.21 Å². The molecule has 1 saturated carbocycles. The van der Waals surface area contributed by atoms with Crippen LogP contribution < -0.4 is 4.72 Å². The van der Waals surface area contributed by atoms with Crippen molar-refractivity contribution in [2.45, 2.75) is 71.9 Å². The monoisotopic (exact) mass is 520 g/mol. The lowest BCUT2D eigenvalue weighted by Crippen LogP contribution is -2.45. The largest absolute Gasteiger partial charge is 0.469 e. The molecule has 0 bridgehead atoms. The Labute approximate surface area is 214 Å². The fourth-order valence-electron chi connectivity index (χ4n) is 4.90. The van der Waals surface area contributed by atoms with Crippen molar-refractivity contribution in [1.82, 2.24) is 4.90 Å². The normalized spacial score (nSPS) is 18.8. The fourth-order valence-corrected chi connectivity index (χ4v) is 6.69. The van der Waals surface area contributed by atoms with E-state index in [0.717, 1.165) is 53.7 Å². The first-order valence-electron chi connectivity index (χ1n) is 12.1. The van der Waals surface area contributed by atoms with E-state index in [4.69, 9.17) is 4.74 Å². The molecule has 2 N–H and O–H groups in total. The van der Waals surface area contributed by atoms with Gasteiger partial charge >= 0.3 is 5.97 Å². The number of rotatable bonds is 10. The van der Waals surface area contributed by atoms with Crippen LogP contribution in [0.25, 0.3) is 11.1 Å². The Bertz CT molecular complexity index is 1030. The van der Waals surface area contributed by atoms with Gasteiger partial charge in [0.05, 0.1) is 13.5 Å². The molecule has 7 nitrogen and oxygen atoms in total. The molecule has 1 aliphatic rings. The molecule has 2 unspecified atom stereocenters. The average molecular weight is 521 g/mol. The Balaban J connectivity index is 1.81. The maximum Gasteiger partial charge on any atom is 0.305 e. The highest BCUT2D eigenvalue weighted by Gasteiger charge is 2.33. The highest BCUT2D eigenvalue weighted by atomic mass is 32.2. The van der Waals surface area contributed by atoms with Crippen molar-refractivity contribution in [2.75, 3.05) is 11.8 Å². The number of hydrogen-bond acceptors (Lipinski definition) is 5. The van der Waals surface area contributed by atoms with E-state index in [1.54, 1.807) is 6.92 Å². The van der Waals surface area contributed by atoms with Crippen molar-refractivity contribution in [3.63, 3.8) is 0 Å². The van der Waals surface area contributed by atoms with Gasteiger partial charge in [-0.15, -0.1) is 11.3 Å². The van der Waals surface area contributed by atoms with Crippen molar-refractivity contribution in [3.05, 3.63) is 40.8 Å². The zero-order chi connectivity index (χ0) is 25.5. The number of nitrogens with one attached hydrogen (secondary N) is 1. The van der Waals surface area contributed by atoms with Crippen LogP contribution in [0.2, 0.25) is 0 Å². The second-order valence-electron chi connectivity index (χ2n) is 9.64. The van der Waals surface area contributed by atoms with E-state index >= 15 is 0 Å². The summed E-state index contributed by atoms with van der Waals surface area (Å²) in [7, 11) is 1.41. The average Bonchev–Trinajstić information content (AvgIpc) is 3.18. The molecule has 1 aliphatic carbocycles. The lowest BCUT2D eigenvalue weighted by atomic mass is 9.81. The quantitative estimate of drug-likeness (QED) is 0.313. The van der Waals surface area contributed by atoms with Crippen LogP contribution in [0.1, 0.15) is 63.3 Å². The smallest absolute Gasteiger partial charge is 0.305 e. The topological polar surface area (TPSA) is 95.9 Å². The van der Waals surface area contributed by atoms with Crippen molar-refractivity contribution in [3.8, 4) is 11.1 Å². The van der Waals surface area contributed by atoms with Crippen molar-refractivity contribution < 1.29 is 23.1 Å². The van der Waals surface area contributed by atoms with Gasteiger partial charge in [0.25, 0.3) is 11.3 Å². The first-order valence-corrected chi connectivity index (χ1v) is 14.0. The molecular formula is C26H36N2O5S2. The number of esters is 1. The van der Waals surface area contributed by atoms with E-state index in [1.807, 2.05) is 29.2 Å². The Morgan fingerprint density at radius 1 is 1.23 bits per heavy atom. The van der Waals surface area contributed by atoms with Crippen molar-refractivity contribution >= 4 is 39.5 Å². The number of ether oxygens (including phenoxy) is 1. The van der Waals surface area contributed by atoms with Crippen LogP contribution in [-0.4, -0.2) is 38.7 Å². The molecule has 1 aromatic carbocycles. The molecule has 0 saturated heterocycles. The Hall–Kier alpha value is -2.23. The second kappa shape index (κ2) is 12.6. The first kappa shape index (κ1) is 27.4. The maximum atomic E-state index is 12.6. The number of methoxy groups -OCH3 is 1. The van der Waals surface area contributed by atoms with E-state index in [0.29, 0.717) is 23.9 Å². The van der Waals surface area contributed by atoms with E-state index in [-0.39, 0.29) is 23.8 Å². The third-order valence-corrected chi connectivity index (χ3v) is 8.10. The zero-order valence-electron chi connectivity index (χ0n) is 20.9. The molecule has 3 rings (SSSR count). The van der Waals surface area contributed by atoms with Gasteiger partial charge in [0, 0.05) is 30.0 Å². The minimum absolute atomic E-state index is 0.00363. The minimum Gasteiger partial charge on any atom is -0.469 e. The molecule has 2 aromatic rings. The molecule has 0 radical (unpaired) electrons. The summed E-state index contributed by atoms with van der Waals surface area (Å²) in [5, 5.41) is 0.674. The summed E-state index contributed by atoms with van der Waals surface area (Å²) in [5.41, 5.74) is 2.85. The van der Waals surface area contributed by atoms with Crippen LogP contribution in [0.3, 0.4) is 0 Å². The third kappa shape index (κ3) is 7.62. The molecule has 3 atom stereocenters. The standard InChI is InChI=1S/C26H36N2O5S2/c1-17(2)13-22-15-23(26(34-22)27-35(31)32)20-11-9-19(10-12-20)16-28(18(3)29)24-8-6-5-7-21(24)14-25(30)33-4/h9-12,15,17,21,24,27H,5-8,13-14,16H2,1-4H3,(H,31,32)/t21?,24-/m0/s1. The van der Waals surface area contributed by atoms with E-state index in [9.17, 15) is 18.4 Å². The van der Waals surface area contributed by atoms with Crippen LogP contribution in [0, 0.1) is 11.8 Å². The van der Waals surface area contributed by atoms with Gasteiger partial charge < -0.3 is 9.64 Å². The van der Waals surface area contributed by atoms with Gasteiger partial charge in [-0.3, -0.25) is 18.9 Å². The Morgan fingerprint density at radius 2 is 1.91 bits per heavy atom. The second-order valence-corrected chi connectivity index (χ2v) is 11.5. The Morgan fingerprint density at radius 3 is 2.51 bits per heavy atom. The predicted molar refractivity (Wildman–Crippen MR) is 141 cm³/mol. The number of carbonyl (C=O) groups is 2. The van der Waals surface area contributed by atoms with Gasteiger partial charge in [0.2, 0.25) is 5.91 Å². The number of thiophene rings is 1. The molecule has 1 heterocycles. The van der Waals surface area contributed by atoms with Crippen molar-refractivity contribution in [2.24, 2.45) is 11.8 Å². The SMILES string of the molecule is COC(=O)CC1CCCC[C@@H]1N(Cc1ccc(-c2cc(CC(C)C)sc2NS(=O)O)cc1)C(C)=O. The molecule has 1 fully saturated rings. The van der Waals surface area contributed by atoms with Crippen LogP contribution in [-0.2, 0) is 38.6 Å². The molecule has 1 aromatic heterocycles. The van der Waals surface area contributed by atoms with Crippen molar-refractivity contribution in [1.29, 1.82) is 0 Å². The number of amides is 1. The summed E-state index contributed by atoms with van der Waals surface area (Å²) in [6.45, 7) is 6.36. The lowest BCUT2D eigenvalue weighted by molar-refractivity contribution is -0.144. The molecule has 9 heteroatoms. The van der Waals surface area contributed by atoms with Crippen LogP contribution >= 0.6 is 11.3 Å². The number of anilines is 1. The van der Waals surface area contributed by atoms with Gasteiger partial charge in [-0.1, -0.05) is 51.0 Å². The third-order valence-electron chi connectivity index (χ3n) is 6.52. The number of benzene rings is 1. The summed E-state index contributed by atoms with van der Waals surface area (Å²) in [5.74, 6) is 0.369. The Kier molecular flexibility index (Phi) is 9.89. The van der Waals surface area contributed by atoms with E-state index < -0.39 is 11.3 Å². The summed E-state index contributed by atoms with van der Waals surface area (Å²) in [6, 6.07) is 10.1. The molecule has 0 aliphatic heterocycles. The summed E-state index contributed by atoms with van der Waals surface area (Å²) in [6.07, 6.45) is 5.15. The molecule has 192 valence electrons. The van der Waals surface area contributed by atoms with Crippen LogP contribution in [0.5, 0.6) is 0 Å². The number of nitrogens with zero attached hydrogens (tertiary/aromatic N) is 1. The maximum absolute atomic E-state index is 12.6. The molecular weight excluding hydrogens is 484 g/mol. The molecule has 35 heavy (non-hydrogen) atoms. The van der Waals surface area contributed by atoms with Gasteiger partial charge in [0.15, 0.2) is 0 Å². The van der Waals surface area contributed by atoms with Crippen LogP contribution in [0.15, 0.2) is 30.3 Å². The number of carbonyl (C=O) groups excluding carboxylic acids is 2. The number of hydrogen-bond donors (Lipinski definition) is 2.